The van der Waals surface area contributed by atoms with Crippen molar-refractivity contribution in [1.29, 1.82) is 0 Å². The van der Waals surface area contributed by atoms with E-state index >= 15 is 0 Å². The summed E-state index contributed by atoms with van der Waals surface area (Å²) in [5.41, 5.74) is -0.518. The molecule has 0 saturated carbocycles. The summed E-state index contributed by atoms with van der Waals surface area (Å²) in [5.74, 6) is 0. The third kappa shape index (κ3) is 1.67. The molecule has 0 aliphatic carbocycles. The topological polar surface area (TPSA) is 54.9 Å². The van der Waals surface area contributed by atoms with Crippen molar-refractivity contribution in [3.63, 3.8) is 0 Å². The quantitative estimate of drug-likeness (QED) is 0.593. The first kappa shape index (κ1) is 7.53. The zero-order valence-corrected chi connectivity index (χ0v) is 5.91. The number of rotatable bonds is 2. The summed E-state index contributed by atoms with van der Waals surface area (Å²) in [5, 5.41) is 2.35. The number of aromatic nitrogens is 2. The van der Waals surface area contributed by atoms with Crippen LogP contribution in [0.4, 0.5) is 0 Å². The van der Waals surface area contributed by atoms with Crippen LogP contribution in [0.2, 0.25) is 0 Å². The average Bonchev–Trinajstić information content (AvgIpc) is 1.98. The molecule has 0 aliphatic heterocycles. The van der Waals surface area contributed by atoms with Crippen LogP contribution in [0.15, 0.2) is 34.4 Å². The Hall–Kier alpha value is -1.58. The maximum atomic E-state index is 10.9. The van der Waals surface area contributed by atoms with Crippen LogP contribution in [-0.2, 0) is 6.54 Å². The van der Waals surface area contributed by atoms with Crippen molar-refractivity contribution in [1.82, 2.24) is 9.78 Å². The van der Waals surface area contributed by atoms with Gasteiger partial charge in [0, 0.05) is 12.1 Å². The van der Waals surface area contributed by atoms with E-state index in [0.717, 1.165) is 0 Å². The van der Waals surface area contributed by atoms with E-state index in [1.54, 1.807) is 0 Å². The third-order valence-corrected chi connectivity index (χ3v) is 1.20. The number of allylic oxidation sites excluding steroid dienone is 1. The first-order valence-electron chi connectivity index (χ1n) is 3.15. The van der Waals surface area contributed by atoms with Gasteiger partial charge in [0.2, 0.25) is 0 Å². The van der Waals surface area contributed by atoms with Crippen LogP contribution in [0.3, 0.4) is 0 Å². The molecule has 0 aromatic carbocycles. The van der Waals surface area contributed by atoms with E-state index in [4.69, 9.17) is 0 Å². The fraction of sp³-hybridized carbons (Fsp3) is 0.143. The molecule has 0 bridgehead atoms. The normalized spacial score (nSPS) is 9.45. The van der Waals surface area contributed by atoms with Crippen molar-refractivity contribution in [2.45, 2.75) is 6.54 Å². The Balaban J connectivity index is 3.23. The van der Waals surface area contributed by atoms with E-state index in [1.165, 1.54) is 22.9 Å². The maximum absolute atomic E-state index is 10.9. The highest BCUT2D eigenvalue weighted by molar-refractivity contribution is 4.87. The van der Waals surface area contributed by atoms with Gasteiger partial charge in [-0.1, -0.05) is 6.08 Å². The molecule has 58 valence electrons. The molecule has 1 aromatic rings. The standard InChI is InChI=1S/C7H8N2O2/c1-2-5-9-7(11)4-3-6(10)8-9/h2-4H,1,5H2,(H,8,10). The Labute approximate surface area is 62.8 Å². The Bertz CT molecular complexity index is 361. The molecule has 0 saturated heterocycles. The van der Waals surface area contributed by atoms with Crippen molar-refractivity contribution in [3.05, 3.63) is 45.5 Å². The largest absolute Gasteiger partial charge is 0.268 e. The predicted molar refractivity (Wildman–Crippen MR) is 41.5 cm³/mol. The molecule has 1 heterocycles. The van der Waals surface area contributed by atoms with Crippen LogP contribution in [-0.4, -0.2) is 9.78 Å². The summed E-state index contributed by atoms with van der Waals surface area (Å²) >= 11 is 0. The van der Waals surface area contributed by atoms with Crippen LogP contribution in [0.5, 0.6) is 0 Å². The van der Waals surface area contributed by atoms with Gasteiger partial charge in [0.1, 0.15) is 0 Å². The minimum absolute atomic E-state index is 0.232. The number of aromatic amines is 1. The summed E-state index contributed by atoms with van der Waals surface area (Å²) < 4.78 is 1.19. The summed E-state index contributed by atoms with van der Waals surface area (Å²) in [6, 6.07) is 2.42. The highest BCUT2D eigenvalue weighted by Gasteiger charge is 1.90. The SMILES string of the molecule is C=CCn1[nH]c(=O)ccc1=O. The second-order valence-corrected chi connectivity index (χ2v) is 2.05. The van der Waals surface area contributed by atoms with E-state index in [2.05, 4.69) is 11.7 Å². The van der Waals surface area contributed by atoms with Crippen molar-refractivity contribution in [2.75, 3.05) is 0 Å². The molecule has 1 N–H and O–H groups in total. The molecular formula is C7H8N2O2. The molecule has 0 fully saturated rings. The molecule has 4 heteroatoms. The van der Waals surface area contributed by atoms with Gasteiger partial charge >= 0.3 is 0 Å². The lowest BCUT2D eigenvalue weighted by atomic mass is 10.5. The Morgan fingerprint density at radius 2 is 2.27 bits per heavy atom. The number of hydrogen-bond donors (Lipinski definition) is 1. The molecule has 0 atom stereocenters. The number of H-pyrrole nitrogens is 1. The lowest BCUT2D eigenvalue weighted by Gasteiger charge is -1.97. The Morgan fingerprint density at radius 3 is 2.91 bits per heavy atom. The van der Waals surface area contributed by atoms with Gasteiger partial charge in [-0.25, -0.2) is 4.68 Å². The van der Waals surface area contributed by atoms with Crippen molar-refractivity contribution in [2.24, 2.45) is 0 Å². The van der Waals surface area contributed by atoms with Crippen LogP contribution < -0.4 is 11.1 Å². The third-order valence-electron chi connectivity index (χ3n) is 1.20. The van der Waals surface area contributed by atoms with Crippen LogP contribution in [0.25, 0.3) is 0 Å². The Kier molecular flexibility index (Phi) is 2.06. The van der Waals surface area contributed by atoms with Gasteiger partial charge in [0.05, 0.1) is 6.54 Å². The van der Waals surface area contributed by atoms with Crippen molar-refractivity contribution in [3.8, 4) is 0 Å². The molecule has 0 spiro atoms. The van der Waals surface area contributed by atoms with Crippen LogP contribution in [0.1, 0.15) is 0 Å². The van der Waals surface area contributed by atoms with Crippen LogP contribution in [0, 0.1) is 0 Å². The maximum Gasteiger partial charge on any atom is 0.265 e. The smallest absolute Gasteiger partial charge is 0.265 e. The number of hydrogen-bond acceptors (Lipinski definition) is 2. The summed E-state index contributed by atoms with van der Waals surface area (Å²) in [6.07, 6.45) is 1.54. The minimum atomic E-state index is -0.286. The highest BCUT2D eigenvalue weighted by atomic mass is 16.1. The summed E-state index contributed by atoms with van der Waals surface area (Å²) in [6.45, 7) is 3.77. The average molecular weight is 152 g/mol. The van der Waals surface area contributed by atoms with E-state index < -0.39 is 0 Å². The number of nitrogens with one attached hydrogen (secondary N) is 1. The number of nitrogens with zero attached hydrogens (tertiary/aromatic N) is 1. The fourth-order valence-corrected chi connectivity index (χ4v) is 0.727. The van der Waals surface area contributed by atoms with Gasteiger partial charge in [-0.2, -0.15) is 0 Å². The zero-order chi connectivity index (χ0) is 8.27. The van der Waals surface area contributed by atoms with Crippen LogP contribution >= 0.6 is 0 Å². The van der Waals surface area contributed by atoms with Gasteiger partial charge < -0.3 is 0 Å². The molecule has 0 aliphatic rings. The molecule has 11 heavy (non-hydrogen) atoms. The molecular weight excluding hydrogens is 144 g/mol. The van der Waals surface area contributed by atoms with Crippen molar-refractivity contribution >= 4 is 0 Å². The second kappa shape index (κ2) is 3.01. The van der Waals surface area contributed by atoms with Crippen molar-refractivity contribution < 1.29 is 0 Å². The van der Waals surface area contributed by atoms with Gasteiger partial charge in [-0.3, -0.25) is 14.7 Å². The van der Waals surface area contributed by atoms with E-state index in [1.807, 2.05) is 0 Å². The van der Waals surface area contributed by atoms with Gasteiger partial charge in [0.25, 0.3) is 11.1 Å². The lowest BCUT2D eigenvalue weighted by Crippen LogP contribution is -2.27. The molecule has 0 amide bonds. The summed E-state index contributed by atoms with van der Waals surface area (Å²) in [4.78, 5) is 21.6. The van der Waals surface area contributed by atoms with E-state index in [-0.39, 0.29) is 11.1 Å². The molecule has 0 unspecified atom stereocenters. The minimum Gasteiger partial charge on any atom is -0.268 e. The highest BCUT2D eigenvalue weighted by Crippen LogP contribution is 1.71. The fourth-order valence-electron chi connectivity index (χ4n) is 0.727. The molecule has 0 radical (unpaired) electrons. The second-order valence-electron chi connectivity index (χ2n) is 2.05. The zero-order valence-electron chi connectivity index (χ0n) is 5.91. The summed E-state index contributed by atoms with van der Waals surface area (Å²) in [7, 11) is 0. The molecule has 1 rings (SSSR count). The monoisotopic (exact) mass is 152 g/mol. The predicted octanol–water partition coefficient (Wildman–Crippen LogP) is -0.277. The van der Waals surface area contributed by atoms with Gasteiger partial charge in [-0.05, 0) is 0 Å². The van der Waals surface area contributed by atoms with Gasteiger partial charge in [0.15, 0.2) is 0 Å². The molecule has 1 aromatic heterocycles. The molecule has 4 nitrogen and oxygen atoms in total. The Morgan fingerprint density at radius 1 is 1.55 bits per heavy atom. The first-order chi connectivity index (χ1) is 5.24. The lowest BCUT2D eigenvalue weighted by molar-refractivity contribution is 0.640. The van der Waals surface area contributed by atoms with Gasteiger partial charge in [-0.15, -0.1) is 6.58 Å². The van der Waals surface area contributed by atoms with E-state index in [9.17, 15) is 9.59 Å². The first-order valence-corrected chi connectivity index (χ1v) is 3.15. The van der Waals surface area contributed by atoms with E-state index in [0.29, 0.717) is 6.54 Å².